The Balaban J connectivity index is 1.20. The van der Waals surface area contributed by atoms with Crippen LogP contribution in [0, 0.1) is 0 Å². The number of fused-ring (bicyclic) bond motifs is 3. The summed E-state index contributed by atoms with van der Waals surface area (Å²) in [5.74, 6) is 0.0684. The summed E-state index contributed by atoms with van der Waals surface area (Å²) in [4.78, 5) is 28.3. The second-order valence-electron chi connectivity index (χ2n) is 9.12. The molecule has 8 heteroatoms. The smallest absolute Gasteiger partial charge is 0.272 e. The Kier molecular flexibility index (Phi) is 5.49. The number of hydrogen-bond donors (Lipinski definition) is 3. The van der Waals surface area contributed by atoms with Crippen molar-refractivity contribution in [3.05, 3.63) is 93.5 Å². The maximum absolute atomic E-state index is 13.0. The first-order valence-corrected chi connectivity index (χ1v) is 12.2. The van der Waals surface area contributed by atoms with Crippen LogP contribution in [-0.4, -0.2) is 33.7 Å². The highest BCUT2D eigenvalue weighted by molar-refractivity contribution is 6.31. The number of halogens is 1. The lowest BCUT2D eigenvalue weighted by Gasteiger charge is -2.17. The molecule has 2 unspecified atom stereocenters. The van der Waals surface area contributed by atoms with Crippen LogP contribution in [0.4, 0.5) is 0 Å². The van der Waals surface area contributed by atoms with Crippen molar-refractivity contribution in [2.24, 2.45) is 0 Å². The fraction of sp³-hybridized carbons (Fsp3) is 0.179. The third-order valence-corrected chi connectivity index (χ3v) is 6.98. The Labute approximate surface area is 211 Å². The minimum atomic E-state index is -0.548. The van der Waals surface area contributed by atoms with E-state index in [4.69, 9.17) is 16.3 Å². The third-order valence-electron chi connectivity index (χ3n) is 6.76. The molecule has 1 aliphatic rings. The Hall–Kier alpha value is -4.10. The molecule has 0 saturated carbocycles. The van der Waals surface area contributed by atoms with Gasteiger partial charge in [-0.25, -0.2) is 5.10 Å². The van der Waals surface area contributed by atoms with E-state index >= 15 is 0 Å². The van der Waals surface area contributed by atoms with Gasteiger partial charge >= 0.3 is 0 Å². The predicted molar refractivity (Wildman–Crippen MR) is 141 cm³/mol. The highest BCUT2D eigenvalue weighted by Gasteiger charge is 2.28. The van der Waals surface area contributed by atoms with Crippen LogP contribution in [0.1, 0.15) is 24.1 Å². The molecule has 5 aromatic rings. The summed E-state index contributed by atoms with van der Waals surface area (Å²) in [7, 11) is 0. The number of benzene rings is 3. The van der Waals surface area contributed by atoms with E-state index in [1.54, 1.807) is 19.1 Å². The Morgan fingerprint density at radius 3 is 2.86 bits per heavy atom. The molecule has 0 saturated heterocycles. The van der Waals surface area contributed by atoms with Crippen molar-refractivity contribution < 1.29 is 9.53 Å². The summed E-state index contributed by atoms with van der Waals surface area (Å²) >= 11 is 6.46. The van der Waals surface area contributed by atoms with Gasteiger partial charge in [0.2, 0.25) is 5.91 Å². The van der Waals surface area contributed by atoms with Gasteiger partial charge in [-0.15, -0.1) is 0 Å². The van der Waals surface area contributed by atoms with Crippen LogP contribution in [0.5, 0.6) is 5.75 Å². The monoisotopic (exact) mass is 498 g/mol. The fourth-order valence-electron chi connectivity index (χ4n) is 4.90. The second-order valence-corrected chi connectivity index (χ2v) is 9.55. The molecule has 36 heavy (non-hydrogen) atoms. The minimum Gasteiger partial charge on any atom is -0.487 e. The summed E-state index contributed by atoms with van der Waals surface area (Å²) in [5.41, 5.74) is 4.31. The molecule has 2 atom stereocenters. The zero-order valence-corrected chi connectivity index (χ0v) is 20.2. The molecule has 0 aliphatic carbocycles. The van der Waals surface area contributed by atoms with E-state index in [9.17, 15) is 9.59 Å². The third kappa shape index (κ3) is 3.91. The molecule has 0 bridgehead atoms. The van der Waals surface area contributed by atoms with E-state index < -0.39 is 5.92 Å². The Morgan fingerprint density at radius 2 is 2.00 bits per heavy atom. The van der Waals surface area contributed by atoms with E-state index in [-0.39, 0.29) is 17.6 Å². The van der Waals surface area contributed by atoms with Gasteiger partial charge in [0.15, 0.2) is 0 Å². The Bertz CT molecular complexity index is 1690. The lowest BCUT2D eigenvalue weighted by atomic mass is 9.99. The number of aromatic nitrogens is 3. The second kappa shape index (κ2) is 8.84. The van der Waals surface area contributed by atoms with E-state index in [1.165, 1.54) is 0 Å². The fourth-order valence-corrected chi connectivity index (χ4v) is 5.14. The number of rotatable bonds is 5. The first-order valence-electron chi connectivity index (χ1n) is 11.8. The van der Waals surface area contributed by atoms with Crippen molar-refractivity contribution >= 4 is 39.2 Å². The standard InChI is InChI=1S/C28H23ClN4O3/c1-15(25-21-4-2-3-5-22(21)28(35)33-32-25)27(34)31-14-20-12-18-11-19(29)13-23(26(18)36-20)16-6-7-24-17(10-16)8-9-30-24/h2-11,13,15,20,30H,12,14H2,1H3,(H,31,34)(H,33,35). The SMILES string of the molecule is CC(C(=O)NCC1Cc2cc(Cl)cc(-c3ccc4[nH]ccc4c3)c2O1)c1n[nH]c(=O)c2ccccc12. The van der Waals surface area contributed by atoms with Gasteiger partial charge < -0.3 is 15.0 Å². The maximum atomic E-state index is 13.0. The van der Waals surface area contributed by atoms with Gasteiger partial charge in [0, 0.05) is 39.7 Å². The van der Waals surface area contributed by atoms with Crippen LogP contribution in [0.3, 0.4) is 0 Å². The molecule has 1 aliphatic heterocycles. The molecule has 1 amide bonds. The van der Waals surface area contributed by atoms with Gasteiger partial charge in [0.1, 0.15) is 11.9 Å². The highest BCUT2D eigenvalue weighted by atomic mass is 35.5. The van der Waals surface area contributed by atoms with Gasteiger partial charge in [0.05, 0.1) is 23.5 Å². The van der Waals surface area contributed by atoms with Gasteiger partial charge in [-0.3, -0.25) is 9.59 Å². The number of carbonyl (C=O) groups is 1. The zero-order valence-electron chi connectivity index (χ0n) is 19.5. The van der Waals surface area contributed by atoms with E-state index in [2.05, 4.69) is 26.6 Å². The van der Waals surface area contributed by atoms with Crippen LogP contribution in [0.2, 0.25) is 5.02 Å². The Morgan fingerprint density at radius 1 is 1.17 bits per heavy atom. The summed E-state index contributed by atoms with van der Waals surface area (Å²) in [6.45, 7) is 2.12. The van der Waals surface area contributed by atoms with Gasteiger partial charge in [-0.2, -0.15) is 5.10 Å². The largest absolute Gasteiger partial charge is 0.487 e. The first kappa shape index (κ1) is 22.4. The molecule has 3 heterocycles. The van der Waals surface area contributed by atoms with Crippen molar-refractivity contribution in [1.82, 2.24) is 20.5 Å². The number of amides is 1. The minimum absolute atomic E-state index is 0.185. The lowest BCUT2D eigenvalue weighted by Crippen LogP contribution is -2.37. The number of hydrogen-bond acceptors (Lipinski definition) is 4. The van der Waals surface area contributed by atoms with Crippen LogP contribution in [-0.2, 0) is 11.2 Å². The van der Waals surface area contributed by atoms with Crippen LogP contribution in [0.25, 0.3) is 32.8 Å². The number of carbonyl (C=O) groups excluding carboxylic acids is 1. The topological polar surface area (TPSA) is 99.9 Å². The number of nitrogens with one attached hydrogen (secondary N) is 3. The first-order chi connectivity index (χ1) is 17.5. The molecule has 0 radical (unpaired) electrons. The molecule has 7 nitrogen and oxygen atoms in total. The van der Waals surface area contributed by atoms with Gasteiger partial charge in [-0.05, 0) is 54.3 Å². The molecular weight excluding hydrogens is 476 g/mol. The van der Waals surface area contributed by atoms with Gasteiger partial charge in [0.25, 0.3) is 5.56 Å². The lowest BCUT2D eigenvalue weighted by molar-refractivity contribution is -0.122. The quantitative estimate of drug-likeness (QED) is 0.319. The molecule has 6 rings (SSSR count). The van der Waals surface area contributed by atoms with E-state index in [0.29, 0.717) is 34.5 Å². The molecule has 180 valence electrons. The van der Waals surface area contributed by atoms with Crippen molar-refractivity contribution in [1.29, 1.82) is 0 Å². The number of aromatic amines is 2. The van der Waals surface area contributed by atoms with Crippen molar-refractivity contribution in [2.45, 2.75) is 25.4 Å². The van der Waals surface area contributed by atoms with Crippen molar-refractivity contribution in [3.63, 3.8) is 0 Å². The van der Waals surface area contributed by atoms with E-state index in [1.807, 2.05) is 48.7 Å². The van der Waals surface area contributed by atoms with Crippen LogP contribution >= 0.6 is 11.6 Å². The molecule has 0 fully saturated rings. The van der Waals surface area contributed by atoms with Crippen molar-refractivity contribution in [3.8, 4) is 16.9 Å². The molecule has 3 N–H and O–H groups in total. The van der Waals surface area contributed by atoms with Crippen molar-refractivity contribution in [2.75, 3.05) is 6.54 Å². The average molecular weight is 499 g/mol. The summed E-state index contributed by atoms with van der Waals surface area (Å²) in [6, 6.07) is 19.2. The van der Waals surface area contributed by atoms with Crippen LogP contribution in [0.15, 0.2) is 71.7 Å². The number of H-pyrrole nitrogens is 2. The maximum Gasteiger partial charge on any atom is 0.272 e. The molecular formula is C28H23ClN4O3. The molecule has 2 aromatic heterocycles. The predicted octanol–water partition coefficient (Wildman–Crippen LogP) is 4.95. The molecule has 0 spiro atoms. The highest BCUT2D eigenvalue weighted by Crippen LogP contribution is 2.41. The van der Waals surface area contributed by atoms with E-state index in [0.717, 1.165) is 33.3 Å². The van der Waals surface area contributed by atoms with Gasteiger partial charge in [-0.1, -0.05) is 35.9 Å². The van der Waals surface area contributed by atoms with Crippen LogP contribution < -0.4 is 15.6 Å². The number of ether oxygens (including phenoxy) is 1. The molecule has 3 aromatic carbocycles. The summed E-state index contributed by atoms with van der Waals surface area (Å²) < 4.78 is 6.32. The number of nitrogens with zero attached hydrogens (tertiary/aromatic N) is 1. The zero-order chi connectivity index (χ0) is 24.8. The summed E-state index contributed by atoms with van der Waals surface area (Å²) in [6.07, 6.45) is 2.34. The average Bonchev–Trinajstić information content (AvgIpc) is 3.53. The normalized spacial score (nSPS) is 15.6. The summed E-state index contributed by atoms with van der Waals surface area (Å²) in [5, 5.41) is 12.6.